The van der Waals surface area contributed by atoms with E-state index in [0.717, 1.165) is 60.7 Å². The van der Waals surface area contributed by atoms with Crippen LogP contribution in [0.5, 0.6) is 5.75 Å². The molecule has 1 fully saturated rings. The monoisotopic (exact) mass is 549 g/mol. The Labute approximate surface area is 235 Å². The quantitative estimate of drug-likeness (QED) is 0.178. The second-order valence-corrected chi connectivity index (χ2v) is 12.3. The van der Waals surface area contributed by atoms with Crippen molar-refractivity contribution in [2.75, 3.05) is 5.32 Å². The number of imidazole rings is 1. The number of carbonyl (C=O) groups is 2. The third-order valence-electron chi connectivity index (χ3n) is 6.98. The molecule has 0 radical (unpaired) electrons. The summed E-state index contributed by atoms with van der Waals surface area (Å²) in [7, 11) is 0. The van der Waals surface area contributed by atoms with Crippen LogP contribution in [0.25, 0.3) is 11.4 Å². The number of unbranched alkanes of at least 4 members (excludes halogenated alkanes) is 2. The lowest BCUT2D eigenvalue weighted by atomic mass is 9.98. The Hall–Kier alpha value is -3.26. The topological polar surface area (TPSA) is 93.5 Å². The first-order valence-electron chi connectivity index (χ1n) is 13.9. The SMILES string of the molecule is CCCCCn1cc(C(=O)Nc2ccc(OC3CCCCC3)cc2)nc1-c1ccc(SC(C)(C)C(=O)O)cc1. The number of carboxylic acids is 1. The molecule has 1 saturated carbocycles. The summed E-state index contributed by atoms with van der Waals surface area (Å²) in [4.78, 5) is 30.2. The zero-order valence-electron chi connectivity index (χ0n) is 23.1. The van der Waals surface area contributed by atoms with Gasteiger partial charge in [0, 0.05) is 28.9 Å². The maximum atomic E-state index is 13.1. The van der Waals surface area contributed by atoms with Gasteiger partial charge in [-0.05, 0) is 82.3 Å². The van der Waals surface area contributed by atoms with Crippen LogP contribution in [0.3, 0.4) is 0 Å². The number of anilines is 1. The molecule has 1 heterocycles. The number of carboxylic acid groups (broad SMARTS) is 1. The van der Waals surface area contributed by atoms with Gasteiger partial charge in [-0.1, -0.05) is 38.3 Å². The normalized spacial score (nSPS) is 14.2. The Kier molecular flexibility index (Phi) is 9.73. The number of hydrogen-bond acceptors (Lipinski definition) is 5. The van der Waals surface area contributed by atoms with E-state index in [-0.39, 0.29) is 12.0 Å². The first kappa shape index (κ1) is 28.7. The van der Waals surface area contributed by atoms with Crippen molar-refractivity contribution in [2.45, 2.75) is 94.4 Å². The van der Waals surface area contributed by atoms with Gasteiger partial charge in [-0.25, -0.2) is 4.98 Å². The molecule has 1 aromatic heterocycles. The molecule has 2 N–H and O–H groups in total. The number of aromatic nitrogens is 2. The number of hydrogen-bond donors (Lipinski definition) is 2. The highest BCUT2D eigenvalue weighted by molar-refractivity contribution is 8.01. The van der Waals surface area contributed by atoms with E-state index in [1.807, 2.05) is 59.3 Å². The highest BCUT2D eigenvalue weighted by Gasteiger charge is 2.28. The maximum Gasteiger partial charge on any atom is 0.319 e. The van der Waals surface area contributed by atoms with Crippen LogP contribution in [-0.4, -0.2) is 37.4 Å². The van der Waals surface area contributed by atoms with E-state index in [4.69, 9.17) is 9.72 Å². The molecule has 0 saturated heterocycles. The molecule has 0 aliphatic heterocycles. The van der Waals surface area contributed by atoms with Crippen LogP contribution in [0.2, 0.25) is 0 Å². The molecule has 3 aromatic rings. The smallest absolute Gasteiger partial charge is 0.319 e. The number of thioether (sulfide) groups is 1. The molecule has 208 valence electrons. The molecule has 8 heteroatoms. The van der Waals surface area contributed by atoms with Crippen molar-refractivity contribution < 1.29 is 19.4 Å². The number of nitrogens with zero attached hydrogens (tertiary/aromatic N) is 2. The fourth-order valence-corrected chi connectivity index (χ4v) is 5.60. The fourth-order valence-electron chi connectivity index (χ4n) is 4.66. The van der Waals surface area contributed by atoms with Gasteiger partial charge in [-0.2, -0.15) is 0 Å². The van der Waals surface area contributed by atoms with Gasteiger partial charge in [0.05, 0.1) is 6.10 Å². The highest BCUT2D eigenvalue weighted by atomic mass is 32.2. The maximum absolute atomic E-state index is 13.1. The minimum atomic E-state index is -0.925. The summed E-state index contributed by atoms with van der Waals surface area (Å²) < 4.78 is 7.21. The average Bonchev–Trinajstić information content (AvgIpc) is 3.35. The molecule has 0 unspecified atom stereocenters. The van der Waals surface area contributed by atoms with Crippen LogP contribution < -0.4 is 10.1 Å². The molecule has 0 spiro atoms. The zero-order valence-corrected chi connectivity index (χ0v) is 23.9. The molecule has 0 atom stereocenters. The molecule has 4 rings (SSSR count). The Morgan fingerprint density at radius 2 is 1.74 bits per heavy atom. The summed E-state index contributed by atoms with van der Waals surface area (Å²) in [5.41, 5.74) is 1.93. The molecule has 1 aliphatic rings. The highest BCUT2D eigenvalue weighted by Crippen LogP contribution is 2.34. The van der Waals surface area contributed by atoms with Crippen LogP contribution in [-0.2, 0) is 11.3 Å². The van der Waals surface area contributed by atoms with E-state index in [2.05, 4.69) is 12.2 Å². The Morgan fingerprint density at radius 3 is 2.38 bits per heavy atom. The molecule has 39 heavy (non-hydrogen) atoms. The van der Waals surface area contributed by atoms with Gasteiger partial charge < -0.3 is 19.7 Å². The number of carbonyl (C=O) groups excluding carboxylic acids is 1. The largest absolute Gasteiger partial charge is 0.490 e. The van der Waals surface area contributed by atoms with Crippen molar-refractivity contribution >= 4 is 29.3 Å². The lowest BCUT2D eigenvalue weighted by molar-refractivity contribution is -0.138. The number of ether oxygens (including phenoxy) is 1. The van der Waals surface area contributed by atoms with E-state index in [1.54, 1.807) is 13.8 Å². The predicted octanol–water partition coefficient (Wildman–Crippen LogP) is 7.66. The van der Waals surface area contributed by atoms with Gasteiger partial charge in [0.15, 0.2) is 0 Å². The Bertz CT molecular complexity index is 1250. The number of rotatable bonds is 12. The molecule has 0 bridgehead atoms. The lowest BCUT2D eigenvalue weighted by Gasteiger charge is -2.23. The average molecular weight is 550 g/mol. The summed E-state index contributed by atoms with van der Waals surface area (Å²) in [5.74, 6) is 0.434. The van der Waals surface area contributed by atoms with Crippen molar-refractivity contribution in [1.82, 2.24) is 9.55 Å². The molecule has 1 aliphatic carbocycles. The van der Waals surface area contributed by atoms with Gasteiger partial charge in [0.2, 0.25) is 0 Å². The summed E-state index contributed by atoms with van der Waals surface area (Å²) in [6, 6.07) is 15.2. The minimum absolute atomic E-state index is 0.262. The van der Waals surface area contributed by atoms with Crippen molar-refractivity contribution in [3.63, 3.8) is 0 Å². The number of aryl methyl sites for hydroxylation is 1. The summed E-state index contributed by atoms with van der Waals surface area (Å²) >= 11 is 1.30. The van der Waals surface area contributed by atoms with E-state index in [0.29, 0.717) is 11.4 Å². The van der Waals surface area contributed by atoms with E-state index in [1.165, 1.54) is 31.0 Å². The second kappa shape index (κ2) is 13.2. The van der Waals surface area contributed by atoms with E-state index >= 15 is 0 Å². The molecular formula is C31H39N3O4S. The van der Waals surface area contributed by atoms with Gasteiger partial charge in [-0.15, -0.1) is 11.8 Å². The summed E-state index contributed by atoms with van der Waals surface area (Å²) in [6.45, 7) is 6.31. The second-order valence-electron chi connectivity index (χ2n) is 10.6. The van der Waals surface area contributed by atoms with Gasteiger partial charge in [-0.3, -0.25) is 9.59 Å². The van der Waals surface area contributed by atoms with Gasteiger partial charge in [0.25, 0.3) is 5.91 Å². The van der Waals surface area contributed by atoms with Crippen molar-refractivity contribution in [3.05, 3.63) is 60.4 Å². The molecule has 7 nitrogen and oxygen atoms in total. The van der Waals surface area contributed by atoms with Crippen LogP contribution in [0.1, 0.15) is 82.6 Å². The van der Waals surface area contributed by atoms with Crippen molar-refractivity contribution in [1.29, 1.82) is 0 Å². The molecule has 1 amide bonds. The first-order chi connectivity index (χ1) is 18.7. The Morgan fingerprint density at radius 1 is 1.05 bits per heavy atom. The number of nitrogens with one attached hydrogen (secondary N) is 1. The minimum Gasteiger partial charge on any atom is -0.490 e. The third kappa shape index (κ3) is 7.88. The summed E-state index contributed by atoms with van der Waals surface area (Å²) in [5, 5.41) is 12.4. The fraction of sp³-hybridized carbons (Fsp3) is 0.452. The van der Waals surface area contributed by atoms with Gasteiger partial charge in [0.1, 0.15) is 22.0 Å². The first-order valence-corrected chi connectivity index (χ1v) is 14.7. The molecule has 2 aromatic carbocycles. The number of amides is 1. The van der Waals surface area contributed by atoms with Crippen molar-refractivity contribution in [2.24, 2.45) is 0 Å². The predicted molar refractivity (Wildman–Crippen MR) is 157 cm³/mol. The van der Waals surface area contributed by atoms with Crippen molar-refractivity contribution in [3.8, 4) is 17.1 Å². The Balaban J connectivity index is 1.47. The summed E-state index contributed by atoms with van der Waals surface area (Å²) in [6.07, 6.45) is 11.2. The van der Waals surface area contributed by atoms with E-state index < -0.39 is 10.7 Å². The number of aliphatic carboxylic acids is 1. The van der Waals surface area contributed by atoms with Crippen LogP contribution in [0.15, 0.2) is 59.6 Å². The number of benzene rings is 2. The van der Waals surface area contributed by atoms with Crippen LogP contribution >= 0.6 is 11.8 Å². The lowest BCUT2D eigenvalue weighted by Crippen LogP contribution is -2.26. The van der Waals surface area contributed by atoms with Crippen LogP contribution in [0.4, 0.5) is 5.69 Å². The van der Waals surface area contributed by atoms with Gasteiger partial charge >= 0.3 is 5.97 Å². The van der Waals surface area contributed by atoms with Crippen LogP contribution in [0, 0.1) is 0 Å². The van der Waals surface area contributed by atoms with E-state index in [9.17, 15) is 14.7 Å². The zero-order chi connectivity index (χ0) is 27.8. The standard InChI is InChI=1S/C31H39N3O4S/c1-4-5-9-20-34-21-27(33-28(34)22-12-18-26(19-13-22)39-31(2,3)30(36)37)29(35)32-23-14-16-25(17-15-23)38-24-10-7-6-8-11-24/h12-19,21,24H,4-11,20H2,1-3H3,(H,32,35)(H,36,37). The third-order valence-corrected chi connectivity index (χ3v) is 8.17. The molecular weight excluding hydrogens is 510 g/mol.